The van der Waals surface area contributed by atoms with Crippen molar-refractivity contribution in [3.05, 3.63) is 16.4 Å². The van der Waals surface area contributed by atoms with Crippen LogP contribution in [0, 0.1) is 12.3 Å². The quantitative estimate of drug-likeness (QED) is 0.793. The van der Waals surface area contributed by atoms with Gasteiger partial charge < -0.3 is 0 Å². The summed E-state index contributed by atoms with van der Waals surface area (Å²) in [6, 6.07) is 0. The molecule has 1 heterocycles. The summed E-state index contributed by atoms with van der Waals surface area (Å²) in [5.41, 5.74) is 1.55. The number of aromatic nitrogens is 2. The summed E-state index contributed by atoms with van der Waals surface area (Å²) in [5.74, 6) is 0.285. The second-order valence-electron chi connectivity index (χ2n) is 4.63. The van der Waals surface area contributed by atoms with Gasteiger partial charge in [-0.25, -0.2) is 0 Å². The molecule has 4 heteroatoms. The first kappa shape index (κ1) is 10.7. The zero-order valence-electron chi connectivity index (χ0n) is 9.30. The first-order valence-electron chi connectivity index (χ1n) is 5.15. The lowest BCUT2D eigenvalue weighted by molar-refractivity contribution is -0.123. The van der Waals surface area contributed by atoms with Crippen molar-refractivity contribution in [2.75, 3.05) is 0 Å². The molecule has 1 aromatic rings. The van der Waals surface area contributed by atoms with Gasteiger partial charge in [-0.05, 0) is 19.8 Å². The second-order valence-corrected chi connectivity index (χ2v) is 5.01. The zero-order chi connectivity index (χ0) is 11.2. The van der Waals surface area contributed by atoms with Crippen LogP contribution in [-0.4, -0.2) is 15.6 Å². The largest absolute Gasteiger partial charge is 0.299 e. The summed E-state index contributed by atoms with van der Waals surface area (Å²) < 4.78 is 1.71. The summed E-state index contributed by atoms with van der Waals surface area (Å²) >= 11 is 6.09. The van der Waals surface area contributed by atoms with Crippen LogP contribution in [0.4, 0.5) is 0 Å². The molecular formula is C11H15ClN2O. The van der Waals surface area contributed by atoms with Gasteiger partial charge in [0, 0.05) is 12.5 Å². The third-order valence-electron chi connectivity index (χ3n) is 3.26. The topological polar surface area (TPSA) is 34.9 Å². The van der Waals surface area contributed by atoms with Crippen LogP contribution < -0.4 is 0 Å². The maximum Gasteiger partial charge on any atom is 0.144 e. The molecule has 1 aliphatic rings. The molecule has 0 aliphatic heterocycles. The molecule has 1 aromatic heterocycles. The molecule has 0 N–H and O–H groups in total. The standard InChI is InChI=1S/C11H15ClN2O/c1-7-10(12)8(14(3)13-7)6-9(15)11(2)4-5-11/h4-6H2,1-3H3. The third-order valence-corrected chi connectivity index (χ3v) is 3.75. The molecule has 1 fully saturated rings. The van der Waals surface area contributed by atoms with Crippen molar-refractivity contribution in [2.24, 2.45) is 12.5 Å². The lowest BCUT2D eigenvalue weighted by Crippen LogP contribution is -2.16. The van der Waals surface area contributed by atoms with Gasteiger partial charge in [0.25, 0.3) is 0 Å². The Morgan fingerprint density at radius 3 is 2.60 bits per heavy atom. The Kier molecular flexibility index (Phi) is 2.38. The number of Topliss-reactive ketones (excluding diaryl/α,β-unsaturated/α-hetero) is 1. The van der Waals surface area contributed by atoms with Crippen molar-refractivity contribution in [3.8, 4) is 0 Å². The van der Waals surface area contributed by atoms with Gasteiger partial charge in [0.15, 0.2) is 0 Å². The molecular weight excluding hydrogens is 212 g/mol. The Labute approximate surface area is 94.4 Å². The number of hydrogen-bond acceptors (Lipinski definition) is 2. The molecule has 0 saturated heterocycles. The molecule has 0 amide bonds. The monoisotopic (exact) mass is 226 g/mol. The molecule has 0 spiro atoms. The van der Waals surface area contributed by atoms with Crippen LogP contribution in [0.3, 0.4) is 0 Å². The van der Waals surface area contributed by atoms with Gasteiger partial charge >= 0.3 is 0 Å². The van der Waals surface area contributed by atoms with Crippen molar-refractivity contribution < 1.29 is 4.79 Å². The lowest BCUT2D eigenvalue weighted by Gasteiger charge is -2.07. The summed E-state index contributed by atoms with van der Waals surface area (Å²) in [6.45, 7) is 3.88. The van der Waals surface area contributed by atoms with E-state index in [-0.39, 0.29) is 11.2 Å². The molecule has 0 bridgehead atoms. The van der Waals surface area contributed by atoms with Crippen molar-refractivity contribution >= 4 is 17.4 Å². The van der Waals surface area contributed by atoms with Crippen LogP contribution in [0.5, 0.6) is 0 Å². The number of carbonyl (C=O) groups excluding carboxylic acids is 1. The first-order chi connectivity index (χ1) is 6.94. The van der Waals surface area contributed by atoms with Gasteiger partial charge in [-0.3, -0.25) is 9.48 Å². The zero-order valence-corrected chi connectivity index (χ0v) is 10.1. The molecule has 1 saturated carbocycles. The lowest BCUT2D eigenvalue weighted by atomic mass is 9.99. The predicted octanol–water partition coefficient (Wildman–Crippen LogP) is 2.29. The van der Waals surface area contributed by atoms with E-state index in [4.69, 9.17) is 11.6 Å². The fourth-order valence-electron chi connectivity index (χ4n) is 1.70. The molecule has 0 unspecified atom stereocenters. The van der Waals surface area contributed by atoms with E-state index in [1.165, 1.54) is 0 Å². The van der Waals surface area contributed by atoms with E-state index in [0.717, 1.165) is 24.2 Å². The normalized spacial score (nSPS) is 17.9. The highest BCUT2D eigenvalue weighted by Gasteiger charge is 2.44. The smallest absolute Gasteiger partial charge is 0.144 e. The van der Waals surface area contributed by atoms with Gasteiger partial charge in [0.1, 0.15) is 5.78 Å². The fourth-order valence-corrected chi connectivity index (χ4v) is 1.93. The van der Waals surface area contributed by atoms with Crippen LogP contribution in [-0.2, 0) is 18.3 Å². The van der Waals surface area contributed by atoms with Crippen LogP contribution >= 0.6 is 11.6 Å². The molecule has 2 rings (SSSR count). The molecule has 82 valence electrons. The Balaban J connectivity index is 2.20. The Morgan fingerprint density at radius 2 is 2.20 bits per heavy atom. The molecule has 3 nitrogen and oxygen atoms in total. The minimum absolute atomic E-state index is 0.0818. The average molecular weight is 227 g/mol. The van der Waals surface area contributed by atoms with E-state index in [1.807, 2.05) is 20.9 Å². The summed E-state index contributed by atoms with van der Waals surface area (Å²) in [7, 11) is 1.83. The minimum atomic E-state index is -0.0818. The molecule has 0 radical (unpaired) electrons. The van der Waals surface area contributed by atoms with E-state index in [0.29, 0.717) is 11.4 Å². The number of halogens is 1. The van der Waals surface area contributed by atoms with Crippen molar-refractivity contribution in [3.63, 3.8) is 0 Å². The molecule has 0 atom stereocenters. The number of hydrogen-bond donors (Lipinski definition) is 0. The van der Waals surface area contributed by atoms with Crippen molar-refractivity contribution in [1.82, 2.24) is 9.78 Å². The SMILES string of the molecule is Cc1nn(C)c(CC(=O)C2(C)CC2)c1Cl. The Bertz CT molecular complexity index is 418. The minimum Gasteiger partial charge on any atom is -0.299 e. The maximum atomic E-state index is 11.9. The van der Waals surface area contributed by atoms with E-state index >= 15 is 0 Å². The predicted molar refractivity (Wildman–Crippen MR) is 59.0 cm³/mol. The number of aryl methyl sites for hydroxylation is 2. The van der Waals surface area contributed by atoms with Crippen LogP contribution in [0.25, 0.3) is 0 Å². The highest BCUT2D eigenvalue weighted by atomic mass is 35.5. The molecule has 0 aromatic carbocycles. The average Bonchev–Trinajstić information content (AvgIpc) is 2.87. The van der Waals surface area contributed by atoms with E-state index in [9.17, 15) is 4.79 Å². The number of ketones is 1. The second kappa shape index (κ2) is 3.34. The van der Waals surface area contributed by atoms with Crippen LogP contribution in [0.1, 0.15) is 31.2 Å². The number of carbonyl (C=O) groups is 1. The maximum absolute atomic E-state index is 11.9. The highest BCUT2D eigenvalue weighted by Crippen LogP contribution is 2.46. The molecule has 1 aliphatic carbocycles. The van der Waals surface area contributed by atoms with E-state index < -0.39 is 0 Å². The highest BCUT2D eigenvalue weighted by molar-refractivity contribution is 6.32. The molecule has 15 heavy (non-hydrogen) atoms. The van der Waals surface area contributed by atoms with E-state index in [1.54, 1.807) is 4.68 Å². The van der Waals surface area contributed by atoms with Gasteiger partial charge in [0.05, 0.1) is 22.8 Å². The van der Waals surface area contributed by atoms with Crippen LogP contribution in [0.2, 0.25) is 5.02 Å². The fraction of sp³-hybridized carbons (Fsp3) is 0.636. The third kappa shape index (κ3) is 1.81. The number of nitrogens with zero attached hydrogens (tertiary/aromatic N) is 2. The van der Waals surface area contributed by atoms with Crippen LogP contribution in [0.15, 0.2) is 0 Å². The van der Waals surface area contributed by atoms with Crippen molar-refractivity contribution in [1.29, 1.82) is 0 Å². The van der Waals surface area contributed by atoms with E-state index in [2.05, 4.69) is 5.10 Å². The number of rotatable bonds is 3. The Hall–Kier alpha value is -0.830. The van der Waals surface area contributed by atoms with Gasteiger partial charge in [-0.2, -0.15) is 5.10 Å². The first-order valence-corrected chi connectivity index (χ1v) is 5.53. The van der Waals surface area contributed by atoms with Gasteiger partial charge in [-0.15, -0.1) is 0 Å². The Morgan fingerprint density at radius 1 is 1.60 bits per heavy atom. The van der Waals surface area contributed by atoms with Gasteiger partial charge in [0.2, 0.25) is 0 Å². The summed E-state index contributed by atoms with van der Waals surface area (Å²) in [4.78, 5) is 11.9. The van der Waals surface area contributed by atoms with Crippen molar-refractivity contribution in [2.45, 2.75) is 33.1 Å². The van der Waals surface area contributed by atoms with Gasteiger partial charge in [-0.1, -0.05) is 18.5 Å². The summed E-state index contributed by atoms with van der Waals surface area (Å²) in [5, 5.41) is 4.83. The summed E-state index contributed by atoms with van der Waals surface area (Å²) in [6.07, 6.45) is 2.44.